The van der Waals surface area contributed by atoms with Crippen molar-refractivity contribution < 1.29 is 14.9 Å². The fraction of sp³-hybridized carbons (Fsp3) is 0.333. The number of hydrogen-bond donors (Lipinski definition) is 3. The number of carbonyl (C=O) groups is 2. The summed E-state index contributed by atoms with van der Waals surface area (Å²) in [6.45, 7) is 2.12. The molecule has 1 atom stereocenters. The van der Waals surface area contributed by atoms with Gasteiger partial charge in [-0.05, 0) is 13.0 Å². The molecule has 18 heavy (non-hydrogen) atoms. The lowest BCUT2D eigenvalue weighted by Crippen LogP contribution is -2.87. The Labute approximate surface area is 111 Å². The number of imide groups is 1. The van der Waals surface area contributed by atoms with Crippen LogP contribution in [0.1, 0.15) is 18.5 Å². The molecular formula is C12H17ClN3O2+. The van der Waals surface area contributed by atoms with E-state index in [-0.39, 0.29) is 18.5 Å². The Kier molecular flexibility index (Phi) is 5.61. The molecule has 5 nitrogen and oxygen atoms in total. The number of nitrogens with two attached hydrogens (primary N) is 1. The molecule has 0 bridgehead atoms. The summed E-state index contributed by atoms with van der Waals surface area (Å²) in [6, 6.07) is 7.03. The lowest BCUT2D eigenvalue weighted by atomic mass is 10.1. The Morgan fingerprint density at radius 1 is 1.39 bits per heavy atom. The molecule has 1 aromatic carbocycles. The maximum Gasteiger partial charge on any atom is 0.321 e. The predicted molar refractivity (Wildman–Crippen MR) is 69.3 cm³/mol. The molecule has 0 fully saturated rings. The molecule has 0 aromatic heterocycles. The Balaban J connectivity index is 2.47. The van der Waals surface area contributed by atoms with E-state index in [1.807, 2.05) is 36.5 Å². The van der Waals surface area contributed by atoms with Crippen molar-refractivity contribution in [1.82, 2.24) is 10.6 Å². The van der Waals surface area contributed by atoms with Crippen LogP contribution >= 0.6 is 11.6 Å². The molecular weight excluding hydrogens is 254 g/mol. The number of quaternary nitrogens is 1. The summed E-state index contributed by atoms with van der Waals surface area (Å²) in [5, 5.41) is 7.01. The minimum Gasteiger partial charge on any atom is -0.341 e. The van der Waals surface area contributed by atoms with Gasteiger partial charge in [-0.1, -0.05) is 29.8 Å². The SMILES string of the molecule is CNC(=O)NC(=O)C[NH2+][C@@H](C)c1ccccc1Cl. The van der Waals surface area contributed by atoms with Gasteiger partial charge in [0.2, 0.25) is 0 Å². The normalized spacial score (nSPS) is 11.7. The van der Waals surface area contributed by atoms with E-state index < -0.39 is 6.03 Å². The van der Waals surface area contributed by atoms with Gasteiger partial charge < -0.3 is 10.6 Å². The van der Waals surface area contributed by atoms with Gasteiger partial charge in [0.1, 0.15) is 6.04 Å². The number of benzene rings is 1. The average Bonchev–Trinajstić information content (AvgIpc) is 2.36. The molecule has 1 rings (SSSR count). The van der Waals surface area contributed by atoms with Crippen LogP contribution in [0.15, 0.2) is 24.3 Å². The maximum absolute atomic E-state index is 11.4. The van der Waals surface area contributed by atoms with E-state index in [9.17, 15) is 9.59 Å². The summed E-state index contributed by atoms with van der Waals surface area (Å²) >= 11 is 6.06. The van der Waals surface area contributed by atoms with Gasteiger partial charge in [-0.2, -0.15) is 0 Å². The van der Waals surface area contributed by atoms with Gasteiger partial charge in [0, 0.05) is 17.6 Å². The zero-order valence-electron chi connectivity index (χ0n) is 10.4. The van der Waals surface area contributed by atoms with E-state index in [1.54, 1.807) is 0 Å². The van der Waals surface area contributed by atoms with Crippen LogP contribution < -0.4 is 16.0 Å². The third-order valence-electron chi connectivity index (χ3n) is 2.53. The Bertz CT molecular complexity index is 437. The first-order valence-corrected chi connectivity index (χ1v) is 6.01. The van der Waals surface area contributed by atoms with E-state index in [1.165, 1.54) is 7.05 Å². The first-order valence-electron chi connectivity index (χ1n) is 5.64. The molecule has 98 valence electrons. The van der Waals surface area contributed by atoms with Gasteiger partial charge in [-0.3, -0.25) is 10.1 Å². The van der Waals surface area contributed by atoms with Crippen LogP contribution in [0.5, 0.6) is 0 Å². The van der Waals surface area contributed by atoms with E-state index in [2.05, 4.69) is 10.6 Å². The van der Waals surface area contributed by atoms with Crippen LogP contribution in [0.3, 0.4) is 0 Å². The van der Waals surface area contributed by atoms with Crippen LogP contribution in [0.25, 0.3) is 0 Å². The molecule has 0 saturated carbocycles. The number of urea groups is 1. The topological polar surface area (TPSA) is 74.8 Å². The van der Waals surface area contributed by atoms with Crippen molar-refractivity contribution in [2.45, 2.75) is 13.0 Å². The third-order valence-corrected chi connectivity index (χ3v) is 2.88. The van der Waals surface area contributed by atoms with Crippen molar-refractivity contribution in [3.63, 3.8) is 0 Å². The van der Waals surface area contributed by atoms with E-state index >= 15 is 0 Å². The standard InChI is InChI=1S/C12H16ClN3O2/c1-8(9-5-3-4-6-10(9)13)15-7-11(17)16-12(18)14-2/h3-6,8,15H,7H2,1-2H3,(H2,14,16,17,18)/p+1/t8-/m0/s1. The largest absolute Gasteiger partial charge is 0.341 e. The lowest BCUT2D eigenvalue weighted by Gasteiger charge is -2.12. The predicted octanol–water partition coefficient (Wildman–Crippen LogP) is 0.420. The molecule has 4 N–H and O–H groups in total. The van der Waals surface area contributed by atoms with Gasteiger partial charge in [-0.25, -0.2) is 4.79 Å². The number of rotatable bonds is 4. The molecule has 0 heterocycles. The number of nitrogens with one attached hydrogen (secondary N) is 2. The third kappa shape index (κ3) is 4.35. The maximum atomic E-state index is 11.4. The fourth-order valence-corrected chi connectivity index (χ4v) is 1.80. The van der Waals surface area contributed by atoms with Crippen LogP contribution in [0.4, 0.5) is 4.79 Å². The molecule has 0 spiro atoms. The second-order valence-corrected chi connectivity index (χ2v) is 4.28. The molecule has 1 aromatic rings. The summed E-state index contributed by atoms with van der Waals surface area (Å²) in [4.78, 5) is 22.3. The van der Waals surface area contributed by atoms with Crippen molar-refractivity contribution >= 4 is 23.5 Å². The summed E-state index contributed by atoms with van der Waals surface area (Å²) in [5.74, 6) is -0.340. The minimum absolute atomic E-state index is 0.0501. The molecule has 3 amide bonds. The average molecular weight is 271 g/mol. The summed E-state index contributed by atoms with van der Waals surface area (Å²) in [7, 11) is 1.46. The molecule has 6 heteroatoms. The second kappa shape index (κ2) is 6.98. The van der Waals surface area contributed by atoms with Gasteiger partial charge in [0.05, 0.1) is 0 Å². The first-order chi connectivity index (χ1) is 8.54. The number of carbonyl (C=O) groups excluding carboxylic acids is 2. The Morgan fingerprint density at radius 2 is 2.06 bits per heavy atom. The quantitative estimate of drug-likeness (QED) is 0.742. The van der Waals surface area contributed by atoms with Crippen molar-refractivity contribution in [2.75, 3.05) is 13.6 Å². The summed E-state index contributed by atoms with van der Waals surface area (Å²) in [6.07, 6.45) is 0. The smallest absolute Gasteiger partial charge is 0.321 e. The number of hydrogen-bond acceptors (Lipinski definition) is 2. The highest BCUT2D eigenvalue weighted by Gasteiger charge is 2.14. The zero-order chi connectivity index (χ0) is 13.5. The highest BCUT2D eigenvalue weighted by Crippen LogP contribution is 2.19. The Hall–Kier alpha value is -1.59. The number of halogens is 1. The fourth-order valence-electron chi connectivity index (χ4n) is 1.50. The van der Waals surface area contributed by atoms with Crippen LogP contribution in [-0.2, 0) is 4.79 Å². The van der Waals surface area contributed by atoms with E-state index in [0.717, 1.165) is 5.56 Å². The van der Waals surface area contributed by atoms with Gasteiger partial charge in [0.15, 0.2) is 6.54 Å². The van der Waals surface area contributed by atoms with Crippen molar-refractivity contribution in [3.8, 4) is 0 Å². The second-order valence-electron chi connectivity index (χ2n) is 3.88. The highest BCUT2D eigenvalue weighted by molar-refractivity contribution is 6.31. The molecule has 0 unspecified atom stereocenters. The van der Waals surface area contributed by atoms with E-state index in [0.29, 0.717) is 5.02 Å². The highest BCUT2D eigenvalue weighted by atomic mass is 35.5. The van der Waals surface area contributed by atoms with Crippen LogP contribution in [0, 0.1) is 0 Å². The Morgan fingerprint density at radius 3 is 2.67 bits per heavy atom. The lowest BCUT2D eigenvalue weighted by molar-refractivity contribution is -0.682. The molecule has 0 aliphatic rings. The van der Waals surface area contributed by atoms with Crippen molar-refractivity contribution in [3.05, 3.63) is 34.9 Å². The summed E-state index contributed by atoms with van der Waals surface area (Å²) in [5.41, 5.74) is 0.965. The first kappa shape index (κ1) is 14.5. The summed E-state index contributed by atoms with van der Waals surface area (Å²) < 4.78 is 0. The number of amides is 3. The molecule has 0 aliphatic carbocycles. The van der Waals surface area contributed by atoms with Gasteiger partial charge in [0.25, 0.3) is 5.91 Å². The molecule has 0 aliphatic heterocycles. The van der Waals surface area contributed by atoms with Crippen molar-refractivity contribution in [1.29, 1.82) is 0 Å². The van der Waals surface area contributed by atoms with Gasteiger partial charge in [-0.15, -0.1) is 0 Å². The van der Waals surface area contributed by atoms with Crippen molar-refractivity contribution in [2.24, 2.45) is 0 Å². The molecule has 0 saturated heterocycles. The zero-order valence-corrected chi connectivity index (χ0v) is 11.1. The van der Waals surface area contributed by atoms with Gasteiger partial charge >= 0.3 is 6.03 Å². The van der Waals surface area contributed by atoms with Crippen LogP contribution in [0.2, 0.25) is 5.02 Å². The van der Waals surface area contributed by atoms with Crippen LogP contribution in [-0.4, -0.2) is 25.5 Å². The monoisotopic (exact) mass is 270 g/mol. The van der Waals surface area contributed by atoms with E-state index in [4.69, 9.17) is 11.6 Å². The molecule has 0 radical (unpaired) electrons. The minimum atomic E-state index is -0.501.